The van der Waals surface area contributed by atoms with E-state index >= 15 is 0 Å². The SMILES string of the molecule is CC(CNS(=O)(=O)Cc1ccccc1N)N1CCCC1. The lowest BCUT2D eigenvalue weighted by Crippen LogP contribution is -2.41. The van der Waals surface area contributed by atoms with Crippen molar-refractivity contribution in [1.29, 1.82) is 0 Å². The van der Waals surface area contributed by atoms with Crippen LogP contribution in [0.1, 0.15) is 25.3 Å². The normalized spacial score (nSPS) is 18.2. The molecule has 5 nitrogen and oxygen atoms in total. The van der Waals surface area contributed by atoms with Gasteiger partial charge in [-0.2, -0.15) is 0 Å². The van der Waals surface area contributed by atoms with Crippen molar-refractivity contribution in [3.63, 3.8) is 0 Å². The van der Waals surface area contributed by atoms with Crippen LogP contribution in [0, 0.1) is 0 Å². The highest BCUT2D eigenvalue weighted by Crippen LogP contribution is 2.14. The van der Waals surface area contributed by atoms with E-state index < -0.39 is 10.0 Å². The van der Waals surface area contributed by atoms with Crippen molar-refractivity contribution >= 4 is 15.7 Å². The fraction of sp³-hybridized carbons (Fsp3) is 0.571. The number of hydrogen-bond donors (Lipinski definition) is 2. The van der Waals surface area contributed by atoms with Crippen LogP contribution in [0.15, 0.2) is 24.3 Å². The molecular weight excluding hydrogens is 274 g/mol. The third-order valence-electron chi connectivity index (χ3n) is 3.76. The van der Waals surface area contributed by atoms with Crippen LogP contribution in [0.5, 0.6) is 0 Å². The van der Waals surface area contributed by atoms with Gasteiger partial charge in [-0.3, -0.25) is 4.90 Å². The summed E-state index contributed by atoms with van der Waals surface area (Å²) < 4.78 is 26.9. The van der Waals surface area contributed by atoms with Crippen LogP contribution >= 0.6 is 0 Å². The molecule has 1 unspecified atom stereocenters. The number of hydrogen-bond acceptors (Lipinski definition) is 4. The third kappa shape index (κ3) is 4.19. The van der Waals surface area contributed by atoms with E-state index in [1.165, 1.54) is 12.8 Å². The van der Waals surface area contributed by atoms with Crippen LogP contribution in [0.25, 0.3) is 0 Å². The topological polar surface area (TPSA) is 75.4 Å². The standard InChI is InChI=1S/C14H23N3O2S/c1-12(17-8-4-5-9-17)10-16-20(18,19)11-13-6-2-3-7-14(13)15/h2-3,6-7,12,16H,4-5,8-11,15H2,1H3. The molecule has 0 saturated carbocycles. The molecule has 112 valence electrons. The van der Waals surface area contributed by atoms with Crippen molar-refractivity contribution in [2.24, 2.45) is 0 Å². The Balaban J connectivity index is 1.89. The summed E-state index contributed by atoms with van der Waals surface area (Å²) in [5.74, 6) is -0.0631. The van der Waals surface area contributed by atoms with Crippen molar-refractivity contribution in [3.8, 4) is 0 Å². The van der Waals surface area contributed by atoms with Crippen LogP contribution in [0.2, 0.25) is 0 Å². The molecule has 20 heavy (non-hydrogen) atoms. The number of nitrogens with one attached hydrogen (secondary N) is 1. The van der Waals surface area contributed by atoms with Crippen molar-refractivity contribution in [1.82, 2.24) is 9.62 Å². The number of benzene rings is 1. The highest BCUT2D eigenvalue weighted by atomic mass is 32.2. The third-order valence-corrected chi connectivity index (χ3v) is 5.06. The maximum absolute atomic E-state index is 12.1. The molecule has 1 aromatic carbocycles. The second-order valence-corrected chi connectivity index (χ2v) is 7.21. The van der Waals surface area contributed by atoms with Gasteiger partial charge in [-0.15, -0.1) is 0 Å². The van der Waals surface area contributed by atoms with E-state index in [4.69, 9.17) is 5.73 Å². The average molecular weight is 297 g/mol. The van der Waals surface area contributed by atoms with E-state index in [0.29, 0.717) is 17.8 Å². The Hall–Kier alpha value is -1.11. The van der Waals surface area contributed by atoms with Gasteiger partial charge in [-0.1, -0.05) is 18.2 Å². The Labute approximate surface area is 121 Å². The van der Waals surface area contributed by atoms with Gasteiger partial charge >= 0.3 is 0 Å². The van der Waals surface area contributed by atoms with E-state index in [0.717, 1.165) is 13.1 Å². The molecule has 0 spiro atoms. The summed E-state index contributed by atoms with van der Waals surface area (Å²) in [4.78, 5) is 2.32. The molecule has 1 fully saturated rings. The number of nitrogens with zero attached hydrogens (tertiary/aromatic N) is 1. The molecular formula is C14H23N3O2S. The minimum Gasteiger partial charge on any atom is -0.398 e. The molecule has 0 amide bonds. The Morgan fingerprint density at radius 1 is 1.30 bits per heavy atom. The molecule has 1 heterocycles. The zero-order valence-corrected chi connectivity index (χ0v) is 12.7. The van der Waals surface area contributed by atoms with Crippen LogP contribution in [0.4, 0.5) is 5.69 Å². The van der Waals surface area contributed by atoms with Gasteiger partial charge in [0.15, 0.2) is 0 Å². The van der Waals surface area contributed by atoms with Gasteiger partial charge in [-0.25, -0.2) is 13.1 Å². The highest BCUT2D eigenvalue weighted by molar-refractivity contribution is 7.88. The summed E-state index contributed by atoms with van der Waals surface area (Å²) >= 11 is 0. The summed E-state index contributed by atoms with van der Waals surface area (Å²) in [6.45, 7) is 4.64. The molecule has 0 radical (unpaired) electrons. The first kappa shape index (κ1) is 15.3. The number of anilines is 1. The number of sulfonamides is 1. The molecule has 6 heteroatoms. The lowest BCUT2D eigenvalue weighted by molar-refractivity contribution is 0.260. The van der Waals surface area contributed by atoms with Gasteiger partial charge in [0.25, 0.3) is 0 Å². The van der Waals surface area contributed by atoms with Crippen LogP contribution in [-0.2, 0) is 15.8 Å². The van der Waals surface area contributed by atoms with Gasteiger partial charge in [0, 0.05) is 18.3 Å². The Kier molecular flexibility index (Phi) is 5.01. The van der Waals surface area contributed by atoms with Crippen molar-refractivity contribution in [2.75, 3.05) is 25.4 Å². The van der Waals surface area contributed by atoms with Crippen molar-refractivity contribution in [3.05, 3.63) is 29.8 Å². The minimum absolute atomic E-state index is 0.0631. The maximum Gasteiger partial charge on any atom is 0.215 e. The molecule has 0 bridgehead atoms. The number of nitrogens with two attached hydrogens (primary N) is 1. The summed E-state index contributed by atoms with van der Waals surface area (Å²) in [6.07, 6.45) is 2.41. The first-order valence-corrected chi connectivity index (χ1v) is 8.68. The number of nitrogen functional groups attached to an aromatic ring is 1. The van der Waals surface area contributed by atoms with E-state index in [-0.39, 0.29) is 11.8 Å². The maximum atomic E-state index is 12.1. The molecule has 3 N–H and O–H groups in total. The second kappa shape index (κ2) is 6.56. The first-order valence-electron chi connectivity index (χ1n) is 7.03. The van der Waals surface area contributed by atoms with Gasteiger partial charge in [0.05, 0.1) is 5.75 Å². The van der Waals surface area contributed by atoms with Crippen LogP contribution in [0.3, 0.4) is 0 Å². The zero-order valence-electron chi connectivity index (χ0n) is 11.9. The van der Waals surface area contributed by atoms with Gasteiger partial charge in [-0.05, 0) is 44.5 Å². The molecule has 0 aromatic heterocycles. The number of para-hydroxylation sites is 1. The van der Waals surface area contributed by atoms with Crippen LogP contribution in [-0.4, -0.2) is 39.0 Å². The summed E-state index contributed by atoms with van der Waals surface area (Å²) in [5.41, 5.74) is 6.95. The van der Waals surface area contributed by atoms with Crippen molar-refractivity contribution < 1.29 is 8.42 Å². The average Bonchev–Trinajstić information content (AvgIpc) is 2.93. The molecule has 1 aromatic rings. The Morgan fingerprint density at radius 3 is 2.60 bits per heavy atom. The molecule has 1 aliphatic rings. The minimum atomic E-state index is -3.34. The van der Waals surface area contributed by atoms with Gasteiger partial charge < -0.3 is 5.73 Å². The summed E-state index contributed by atoms with van der Waals surface area (Å²) in [7, 11) is -3.34. The van der Waals surface area contributed by atoms with Gasteiger partial charge in [0.1, 0.15) is 0 Å². The van der Waals surface area contributed by atoms with Crippen LogP contribution < -0.4 is 10.5 Å². The Bertz CT molecular complexity index is 539. The largest absolute Gasteiger partial charge is 0.398 e. The van der Waals surface area contributed by atoms with Gasteiger partial charge in [0.2, 0.25) is 10.0 Å². The molecule has 2 rings (SSSR count). The monoisotopic (exact) mass is 297 g/mol. The van der Waals surface area contributed by atoms with E-state index in [1.54, 1.807) is 24.3 Å². The molecule has 0 aliphatic carbocycles. The van der Waals surface area contributed by atoms with E-state index in [9.17, 15) is 8.42 Å². The molecule has 1 atom stereocenters. The predicted octanol–water partition coefficient (Wildman–Crippen LogP) is 1.17. The number of likely N-dealkylation sites (tertiary alicyclic amines) is 1. The molecule has 1 aliphatic heterocycles. The fourth-order valence-corrected chi connectivity index (χ4v) is 3.75. The quantitative estimate of drug-likeness (QED) is 0.773. The van der Waals surface area contributed by atoms with E-state index in [1.807, 2.05) is 0 Å². The van der Waals surface area contributed by atoms with E-state index in [2.05, 4.69) is 16.5 Å². The zero-order chi connectivity index (χ0) is 14.6. The lowest BCUT2D eigenvalue weighted by atomic mass is 10.2. The summed E-state index contributed by atoms with van der Waals surface area (Å²) in [6, 6.07) is 7.30. The van der Waals surface area contributed by atoms with Crippen molar-refractivity contribution in [2.45, 2.75) is 31.6 Å². The number of rotatable bonds is 6. The smallest absolute Gasteiger partial charge is 0.215 e. The molecule has 1 saturated heterocycles. The Morgan fingerprint density at radius 2 is 1.95 bits per heavy atom. The predicted molar refractivity (Wildman–Crippen MR) is 81.7 cm³/mol. The highest BCUT2D eigenvalue weighted by Gasteiger charge is 2.20. The second-order valence-electron chi connectivity index (χ2n) is 5.40. The fourth-order valence-electron chi connectivity index (χ4n) is 2.48. The lowest BCUT2D eigenvalue weighted by Gasteiger charge is -2.23. The first-order chi connectivity index (χ1) is 9.48. The summed E-state index contributed by atoms with van der Waals surface area (Å²) in [5, 5.41) is 0.